The highest BCUT2D eigenvalue weighted by Gasteiger charge is 2.25. The fourth-order valence-corrected chi connectivity index (χ4v) is 1.79. The van der Waals surface area contributed by atoms with Crippen molar-refractivity contribution in [2.75, 3.05) is 0 Å². The topological polar surface area (TPSA) is 51.0 Å². The predicted octanol–water partition coefficient (Wildman–Crippen LogP) is 2.97. The molecule has 0 bridgehead atoms. The van der Waals surface area contributed by atoms with Gasteiger partial charge in [0, 0.05) is 11.6 Å². The molecule has 96 valence electrons. The average Bonchev–Trinajstić information content (AvgIpc) is 3.04. The highest BCUT2D eigenvalue weighted by Crippen LogP contribution is 2.24. The highest BCUT2D eigenvalue weighted by molar-refractivity contribution is 5.85. The van der Waals surface area contributed by atoms with Crippen molar-refractivity contribution in [2.45, 2.75) is 31.8 Å². The Hall–Kier alpha value is -1.39. The van der Waals surface area contributed by atoms with Gasteiger partial charge in [0.2, 0.25) is 11.7 Å². The van der Waals surface area contributed by atoms with Gasteiger partial charge in [0.05, 0.1) is 6.04 Å². The predicted molar refractivity (Wildman–Crippen MR) is 71.6 cm³/mol. The molecule has 0 saturated heterocycles. The fourth-order valence-electron chi connectivity index (χ4n) is 1.79. The van der Waals surface area contributed by atoms with E-state index in [1.54, 1.807) is 0 Å². The molecular formula is C13H16ClN3O. The second-order valence-electron chi connectivity index (χ2n) is 4.48. The first-order chi connectivity index (χ1) is 8.33. The van der Waals surface area contributed by atoms with Crippen molar-refractivity contribution in [3.05, 3.63) is 36.2 Å². The lowest BCUT2D eigenvalue weighted by atomic mass is 10.2. The van der Waals surface area contributed by atoms with E-state index in [-0.39, 0.29) is 18.4 Å². The lowest BCUT2D eigenvalue weighted by Crippen LogP contribution is -2.20. The van der Waals surface area contributed by atoms with Gasteiger partial charge in [0.1, 0.15) is 0 Å². The van der Waals surface area contributed by atoms with E-state index in [1.165, 1.54) is 12.8 Å². The Balaban J connectivity index is 0.00000120. The molecule has 0 amide bonds. The molecule has 0 aliphatic heterocycles. The first kappa shape index (κ1) is 13.1. The first-order valence-electron chi connectivity index (χ1n) is 5.98. The summed E-state index contributed by atoms with van der Waals surface area (Å²) in [5.41, 5.74) is 0.987. The standard InChI is InChI=1S/C13H15N3O.ClH/c1-9(14-11-7-8-11)13-15-12(16-17-13)10-5-3-2-4-6-10;/h2-6,9,11,14H,7-8H2,1H3;1H. The molecule has 1 N–H and O–H groups in total. The molecule has 18 heavy (non-hydrogen) atoms. The smallest absolute Gasteiger partial charge is 0.243 e. The Morgan fingerprint density at radius 3 is 2.67 bits per heavy atom. The van der Waals surface area contributed by atoms with Crippen molar-refractivity contribution in [1.29, 1.82) is 0 Å². The van der Waals surface area contributed by atoms with Gasteiger partial charge in [0.25, 0.3) is 0 Å². The van der Waals surface area contributed by atoms with Gasteiger partial charge >= 0.3 is 0 Å². The third kappa shape index (κ3) is 2.89. The molecule has 1 atom stereocenters. The maximum Gasteiger partial charge on any atom is 0.243 e. The van der Waals surface area contributed by atoms with Gasteiger partial charge in [-0.2, -0.15) is 4.98 Å². The van der Waals surface area contributed by atoms with E-state index in [2.05, 4.69) is 22.4 Å². The zero-order valence-electron chi connectivity index (χ0n) is 10.2. The van der Waals surface area contributed by atoms with E-state index in [0.717, 1.165) is 5.56 Å². The normalized spacial score (nSPS) is 16.1. The summed E-state index contributed by atoms with van der Waals surface area (Å²) in [5.74, 6) is 1.32. The van der Waals surface area contributed by atoms with Crippen LogP contribution in [0.3, 0.4) is 0 Å². The van der Waals surface area contributed by atoms with Crippen LogP contribution < -0.4 is 5.32 Å². The zero-order valence-corrected chi connectivity index (χ0v) is 11.0. The number of rotatable bonds is 4. The Bertz CT molecular complexity index is 496. The van der Waals surface area contributed by atoms with Crippen molar-refractivity contribution in [3.63, 3.8) is 0 Å². The van der Waals surface area contributed by atoms with Crippen molar-refractivity contribution < 1.29 is 4.52 Å². The minimum Gasteiger partial charge on any atom is -0.337 e. The second kappa shape index (κ2) is 5.50. The monoisotopic (exact) mass is 265 g/mol. The minimum atomic E-state index is 0. The van der Waals surface area contributed by atoms with Crippen LogP contribution in [0.4, 0.5) is 0 Å². The Kier molecular flexibility index (Phi) is 3.99. The minimum absolute atomic E-state index is 0. The van der Waals surface area contributed by atoms with Crippen LogP contribution in [-0.4, -0.2) is 16.2 Å². The lowest BCUT2D eigenvalue weighted by Gasteiger charge is -2.06. The molecule has 0 radical (unpaired) electrons. The van der Waals surface area contributed by atoms with Crippen LogP contribution in [-0.2, 0) is 0 Å². The highest BCUT2D eigenvalue weighted by atomic mass is 35.5. The third-order valence-corrected chi connectivity index (χ3v) is 2.91. The molecule has 4 nitrogen and oxygen atoms in total. The summed E-state index contributed by atoms with van der Waals surface area (Å²) in [5, 5.41) is 7.45. The van der Waals surface area contributed by atoms with Crippen LogP contribution in [0.2, 0.25) is 0 Å². The van der Waals surface area contributed by atoms with Crippen molar-refractivity contribution in [2.24, 2.45) is 0 Å². The van der Waals surface area contributed by atoms with Crippen molar-refractivity contribution in [3.8, 4) is 11.4 Å². The molecular weight excluding hydrogens is 250 g/mol. The Morgan fingerprint density at radius 1 is 1.28 bits per heavy atom. The van der Waals surface area contributed by atoms with E-state index in [4.69, 9.17) is 4.52 Å². The van der Waals surface area contributed by atoms with Crippen LogP contribution in [0.1, 0.15) is 31.7 Å². The van der Waals surface area contributed by atoms with Crippen LogP contribution in [0.15, 0.2) is 34.9 Å². The largest absolute Gasteiger partial charge is 0.337 e. The summed E-state index contributed by atoms with van der Waals surface area (Å²) >= 11 is 0. The molecule has 2 aromatic rings. The number of benzene rings is 1. The summed E-state index contributed by atoms with van der Waals surface area (Å²) in [4.78, 5) is 4.42. The molecule has 5 heteroatoms. The van der Waals surface area contributed by atoms with Crippen LogP contribution in [0.5, 0.6) is 0 Å². The van der Waals surface area contributed by atoms with Crippen molar-refractivity contribution >= 4 is 12.4 Å². The first-order valence-corrected chi connectivity index (χ1v) is 5.98. The summed E-state index contributed by atoms with van der Waals surface area (Å²) < 4.78 is 5.29. The summed E-state index contributed by atoms with van der Waals surface area (Å²) in [6.45, 7) is 2.06. The number of hydrogen-bond donors (Lipinski definition) is 1. The van der Waals surface area contributed by atoms with Gasteiger partial charge in [-0.15, -0.1) is 12.4 Å². The quantitative estimate of drug-likeness (QED) is 0.923. The maximum absolute atomic E-state index is 5.29. The lowest BCUT2D eigenvalue weighted by molar-refractivity contribution is 0.338. The number of nitrogens with one attached hydrogen (secondary N) is 1. The summed E-state index contributed by atoms with van der Waals surface area (Å²) in [7, 11) is 0. The van der Waals surface area contributed by atoms with Gasteiger partial charge in [-0.05, 0) is 19.8 Å². The number of aromatic nitrogens is 2. The molecule has 1 fully saturated rings. The molecule has 1 aromatic carbocycles. The van der Waals surface area contributed by atoms with Crippen LogP contribution >= 0.6 is 12.4 Å². The molecule has 1 heterocycles. The molecule has 1 aliphatic rings. The van der Waals surface area contributed by atoms with Gasteiger partial charge < -0.3 is 9.84 Å². The molecule has 1 unspecified atom stereocenters. The van der Waals surface area contributed by atoms with E-state index >= 15 is 0 Å². The van der Waals surface area contributed by atoms with E-state index < -0.39 is 0 Å². The number of nitrogens with zero attached hydrogens (tertiary/aromatic N) is 2. The Labute approximate surface area is 112 Å². The van der Waals surface area contributed by atoms with Crippen molar-refractivity contribution in [1.82, 2.24) is 15.5 Å². The molecule has 1 aliphatic carbocycles. The number of hydrogen-bond acceptors (Lipinski definition) is 4. The molecule has 3 rings (SSSR count). The van der Waals surface area contributed by atoms with Gasteiger partial charge in [-0.3, -0.25) is 0 Å². The Morgan fingerprint density at radius 2 is 2.00 bits per heavy atom. The summed E-state index contributed by atoms with van der Waals surface area (Å²) in [6.07, 6.45) is 2.51. The molecule has 1 saturated carbocycles. The zero-order chi connectivity index (χ0) is 11.7. The van der Waals surface area contributed by atoms with Gasteiger partial charge in [0.15, 0.2) is 0 Å². The summed E-state index contributed by atoms with van der Waals surface area (Å²) in [6, 6.07) is 10.6. The maximum atomic E-state index is 5.29. The third-order valence-electron chi connectivity index (χ3n) is 2.91. The second-order valence-corrected chi connectivity index (χ2v) is 4.48. The average molecular weight is 266 g/mol. The van der Waals surface area contributed by atoms with E-state index in [9.17, 15) is 0 Å². The SMILES string of the molecule is CC(NC1CC1)c1nc(-c2ccccc2)no1.Cl. The van der Waals surface area contributed by atoms with Gasteiger partial charge in [-0.1, -0.05) is 35.5 Å². The van der Waals surface area contributed by atoms with E-state index in [1.807, 2.05) is 30.3 Å². The fraction of sp³-hybridized carbons (Fsp3) is 0.385. The van der Waals surface area contributed by atoms with Crippen LogP contribution in [0, 0.1) is 0 Å². The van der Waals surface area contributed by atoms with E-state index in [0.29, 0.717) is 17.8 Å². The van der Waals surface area contributed by atoms with Gasteiger partial charge in [-0.25, -0.2) is 0 Å². The van der Waals surface area contributed by atoms with Crippen LogP contribution in [0.25, 0.3) is 11.4 Å². The molecule has 0 spiro atoms. The number of halogens is 1. The molecule has 1 aromatic heterocycles.